The van der Waals surface area contributed by atoms with Gasteiger partial charge in [0.05, 0.1) is 11.6 Å². The molecule has 0 radical (unpaired) electrons. The number of halogens is 4. The molecule has 0 atom stereocenters. The molecular weight excluding hydrogens is 416 g/mol. The molecule has 0 heterocycles. The first kappa shape index (κ1) is 22.9. The third kappa shape index (κ3) is 6.57. The Morgan fingerprint density at radius 1 is 1.08 bits per heavy atom. The summed E-state index contributed by atoms with van der Waals surface area (Å²) in [4.78, 5) is 0. The summed E-state index contributed by atoms with van der Waals surface area (Å²) in [6, 6.07) is 9.06. The SMILES string of the molecule is C=CCNCc1cc(Cl)c(OCc2ccc(Cl)cc2Cl)c(OCC)c1.Cl. The zero-order valence-corrected chi connectivity index (χ0v) is 17.4. The lowest BCUT2D eigenvalue weighted by atomic mass is 10.2. The molecule has 1 N–H and O–H groups in total. The van der Waals surface area contributed by atoms with Gasteiger partial charge in [-0.3, -0.25) is 0 Å². The highest BCUT2D eigenvalue weighted by molar-refractivity contribution is 6.35. The van der Waals surface area contributed by atoms with Crippen molar-refractivity contribution in [2.45, 2.75) is 20.1 Å². The second-order valence-corrected chi connectivity index (χ2v) is 6.53. The van der Waals surface area contributed by atoms with Crippen LogP contribution in [-0.4, -0.2) is 13.2 Å². The zero-order valence-electron chi connectivity index (χ0n) is 14.4. The van der Waals surface area contributed by atoms with Crippen molar-refractivity contribution in [2.24, 2.45) is 0 Å². The summed E-state index contributed by atoms with van der Waals surface area (Å²) >= 11 is 18.5. The second-order valence-electron chi connectivity index (χ2n) is 5.28. The summed E-state index contributed by atoms with van der Waals surface area (Å²) in [6.07, 6.45) is 1.80. The Balaban J connectivity index is 0.00000338. The maximum absolute atomic E-state index is 6.41. The predicted octanol–water partition coefficient (Wildman–Crippen LogP) is 6.32. The minimum absolute atomic E-state index is 0. The lowest BCUT2D eigenvalue weighted by molar-refractivity contribution is 0.269. The molecule has 0 fully saturated rings. The van der Waals surface area contributed by atoms with Crippen molar-refractivity contribution in [1.82, 2.24) is 5.32 Å². The van der Waals surface area contributed by atoms with E-state index in [1.807, 2.05) is 25.1 Å². The van der Waals surface area contributed by atoms with Crippen LogP contribution in [0, 0.1) is 0 Å². The number of benzene rings is 2. The lowest BCUT2D eigenvalue weighted by Crippen LogP contribution is -2.13. The van der Waals surface area contributed by atoms with E-state index in [2.05, 4.69) is 11.9 Å². The van der Waals surface area contributed by atoms with E-state index < -0.39 is 0 Å². The molecule has 0 spiro atoms. The number of hydrogen-bond acceptors (Lipinski definition) is 3. The molecule has 0 aromatic heterocycles. The van der Waals surface area contributed by atoms with Gasteiger partial charge in [0.25, 0.3) is 0 Å². The third-order valence-corrected chi connectivity index (χ3v) is 4.24. The maximum atomic E-state index is 6.41. The molecule has 0 aliphatic carbocycles. The highest BCUT2D eigenvalue weighted by atomic mass is 35.5. The van der Waals surface area contributed by atoms with Crippen molar-refractivity contribution < 1.29 is 9.47 Å². The number of ether oxygens (including phenoxy) is 2. The molecule has 142 valence electrons. The molecule has 0 saturated carbocycles. The van der Waals surface area contributed by atoms with Gasteiger partial charge in [-0.1, -0.05) is 46.9 Å². The van der Waals surface area contributed by atoms with Gasteiger partial charge in [0.2, 0.25) is 0 Å². The first-order valence-corrected chi connectivity index (χ1v) is 9.02. The Bertz CT molecular complexity index is 738. The number of hydrogen-bond donors (Lipinski definition) is 1. The number of rotatable bonds is 9. The van der Waals surface area contributed by atoms with Crippen LogP contribution in [0.2, 0.25) is 15.1 Å². The van der Waals surface area contributed by atoms with E-state index in [-0.39, 0.29) is 19.0 Å². The topological polar surface area (TPSA) is 30.5 Å². The van der Waals surface area contributed by atoms with Crippen molar-refractivity contribution in [1.29, 1.82) is 0 Å². The van der Waals surface area contributed by atoms with Gasteiger partial charge in [-0.05, 0) is 36.8 Å². The van der Waals surface area contributed by atoms with Crippen molar-refractivity contribution >= 4 is 47.2 Å². The van der Waals surface area contributed by atoms with Gasteiger partial charge in [-0.2, -0.15) is 0 Å². The molecule has 2 rings (SSSR count). The highest BCUT2D eigenvalue weighted by Crippen LogP contribution is 2.37. The van der Waals surface area contributed by atoms with Gasteiger partial charge in [0.15, 0.2) is 11.5 Å². The van der Waals surface area contributed by atoms with Crippen LogP contribution >= 0.6 is 47.2 Å². The summed E-state index contributed by atoms with van der Waals surface area (Å²) < 4.78 is 11.6. The molecule has 0 bridgehead atoms. The minimum Gasteiger partial charge on any atom is -0.490 e. The fraction of sp³-hybridized carbons (Fsp3) is 0.263. The van der Waals surface area contributed by atoms with Gasteiger partial charge in [-0.25, -0.2) is 0 Å². The lowest BCUT2D eigenvalue weighted by Gasteiger charge is -2.16. The van der Waals surface area contributed by atoms with E-state index >= 15 is 0 Å². The van der Waals surface area contributed by atoms with Gasteiger partial charge < -0.3 is 14.8 Å². The fourth-order valence-corrected chi connectivity index (χ4v) is 2.98. The Kier molecular flexibility index (Phi) is 10.2. The summed E-state index contributed by atoms with van der Waals surface area (Å²) in [6.45, 7) is 7.76. The van der Waals surface area contributed by atoms with Crippen LogP contribution in [-0.2, 0) is 13.2 Å². The quantitative estimate of drug-likeness (QED) is 0.368. The molecule has 7 heteroatoms. The van der Waals surface area contributed by atoms with E-state index in [1.54, 1.807) is 18.2 Å². The molecule has 3 nitrogen and oxygen atoms in total. The van der Waals surface area contributed by atoms with Crippen LogP contribution in [0.4, 0.5) is 0 Å². The average Bonchev–Trinajstić information content (AvgIpc) is 2.56. The molecule has 2 aromatic rings. The van der Waals surface area contributed by atoms with E-state index in [1.165, 1.54) is 0 Å². The highest BCUT2D eigenvalue weighted by Gasteiger charge is 2.14. The first-order valence-electron chi connectivity index (χ1n) is 7.88. The minimum atomic E-state index is 0. The second kappa shape index (κ2) is 11.6. The van der Waals surface area contributed by atoms with Crippen molar-refractivity contribution in [2.75, 3.05) is 13.2 Å². The normalized spacial score (nSPS) is 10.2. The number of nitrogens with one attached hydrogen (secondary N) is 1. The fourth-order valence-electron chi connectivity index (χ4n) is 2.23. The van der Waals surface area contributed by atoms with E-state index in [4.69, 9.17) is 44.3 Å². The molecule has 0 amide bonds. The van der Waals surface area contributed by atoms with Gasteiger partial charge in [0.1, 0.15) is 6.61 Å². The van der Waals surface area contributed by atoms with Crippen LogP contribution in [0.3, 0.4) is 0 Å². The van der Waals surface area contributed by atoms with E-state index in [0.29, 0.717) is 39.7 Å². The molecule has 0 saturated heterocycles. The van der Waals surface area contributed by atoms with Crippen molar-refractivity contribution in [3.05, 3.63) is 69.2 Å². The Morgan fingerprint density at radius 3 is 2.50 bits per heavy atom. The van der Waals surface area contributed by atoms with Crippen LogP contribution in [0.15, 0.2) is 43.0 Å². The van der Waals surface area contributed by atoms with Crippen molar-refractivity contribution in [3.8, 4) is 11.5 Å². The summed E-state index contributed by atoms with van der Waals surface area (Å²) in [7, 11) is 0. The Labute approximate surface area is 175 Å². The predicted molar refractivity (Wildman–Crippen MR) is 113 cm³/mol. The molecule has 0 aliphatic rings. The standard InChI is InChI=1S/C19H20Cl3NO2.ClH/c1-3-7-23-11-13-8-17(22)19(18(9-13)24-4-2)25-12-14-5-6-15(20)10-16(14)21;/h3,5-6,8-10,23H,1,4,7,11-12H2,2H3;1H. The van der Waals surface area contributed by atoms with Gasteiger partial charge in [0, 0.05) is 28.7 Å². The third-order valence-electron chi connectivity index (χ3n) is 3.37. The van der Waals surface area contributed by atoms with Crippen LogP contribution in [0.1, 0.15) is 18.1 Å². The Hall–Kier alpha value is -1.10. The van der Waals surface area contributed by atoms with E-state index in [0.717, 1.165) is 17.7 Å². The van der Waals surface area contributed by atoms with Crippen LogP contribution in [0.5, 0.6) is 11.5 Å². The summed E-state index contributed by atoms with van der Waals surface area (Å²) in [5.74, 6) is 1.11. The van der Waals surface area contributed by atoms with Gasteiger partial charge >= 0.3 is 0 Å². The maximum Gasteiger partial charge on any atom is 0.180 e. The van der Waals surface area contributed by atoms with E-state index in [9.17, 15) is 0 Å². The van der Waals surface area contributed by atoms with Crippen LogP contribution in [0.25, 0.3) is 0 Å². The largest absolute Gasteiger partial charge is 0.490 e. The van der Waals surface area contributed by atoms with Crippen LogP contribution < -0.4 is 14.8 Å². The molecule has 2 aromatic carbocycles. The molecule has 26 heavy (non-hydrogen) atoms. The summed E-state index contributed by atoms with van der Waals surface area (Å²) in [5, 5.41) is 4.86. The summed E-state index contributed by atoms with van der Waals surface area (Å²) in [5.41, 5.74) is 1.83. The smallest absolute Gasteiger partial charge is 0.180 e. The Morgan fingerprint density at radius 2 is 1.85 bits per heavy atom. The monoisotopic (exact) mass is 435 g/mol. The first-order chi connectivity index (χ1) is 12.0. The average molecular weight is 437 g/mol. The molecular formula is C19H21Cl4NO2. The van der Waals surface area contributed by atoms with Crippen molar-refractivity contribution in [3.63, 3.8) is 0 Å². The molecule has 0 aliphatic heterocycles. The zero-order chi connectivity index (χ0) is 18.2. The van der Waals surface area contributed by atoms with Gasteiger partial charge in [-0.15, -0.1) is 19.0 Å². The molecule has 0 unspecified atom stereocenters.